The molecular weight excluding hydrogens is 466 g/mol. The molecule has 11 nitrogen and oxygen atoms in total. The van der Waals surface area contributed by atoms with Crippen molar-refractivity contribution in [3.05, 3.63) is 65.9 Å². The number of amides is 3. The normalized spacial score (nSPS) is 13.4. The van der Waals surface area contributed by atoms with Gasteiger partial charge in [-0.3, -0.25) is 14.4 Å². The molecule has 3 unspecified atom stereocenters. The third-order valence-electron chi connectivity index (χ3n) is 5.64. The van der Waals surface area contributed by atoms with Crippen molar-refractivity contribution in [2.45, 2.75) is 37.9 Å². The fourth-order valence-corrected chi connectivity index (χ4v) is 3.65. The summed E-state index contributed by atoms with van der Waals surface area (Å²) in [6.45, 7) is 0.978. The standard InChI is InChI=1S/C25H29N5O6/c1-14(29-24(34)19(26)10-15-6-8-17(31)9-7-15)23(33)28-13-22(32)30-21(25(35)36)11-16-12-27-20-5-3-2-4-18(16)20/h2-9,12,14,19,21,27,31H,10-11,13,26H2,1H3,(H,28,33)(H,29,34)(H,30,32)(H,35,36). The first-order chi connectivity index (χ1) is 17.1. The van der Waals surface area contributed by atoms with Gasteiger partial charge in [-0.1, -0.05) is 30.3 Å². The van der Waals surface area contributed by atoms with E-state index in [4.69, 9.17) is 5.73 Å². The van der Waals surface area contributed by atoms with Gasteiger partial charge in [0.05, 0.1) is 12.6 Å². The van der Waals surface area contributed by atoms with Crippen molar-refractivity contribution in [2.24, 2.45) is 5.73 Å². The first-order valence-electron chi connectivity index (χ1n) is 11.3. The van der Waals surface area contributed by atoms with E-state index in [0.29, 0.717) is 0 Å². The lowest BCUT2D eigenvalue weighted by atomic mass is 10.0. The molecule has 0 fully saturated rings. The number of rotatable bonds is 11. The fraction of sp³-hybridized carbons (Fsp3) is 0.280. The number of nitrogens with one attached hydrogen (secondary N) is 4. The third-order valence-corrected chi connectivity index (χ3v) is 5.64. The molecule has 1 heterocycles. The lowest BCUT2D eigenvalue weighted by Gasteiger charge is -2.18. The molecule has 0 radical (unpaired) electrons. The molecule has 0 aliphatic carbocycles. The van der Waals surface area contributed by atoms with Crippen molar-refractivity contribution < 1.29 is 29.4 Å². The van der Waals surface area contributed by atoms with E-state index < -0.39 is 48.4 Å². The highest BCUT2D eigenvalue weighted by molar-refractivity contribution is 5.92. The van der Waals surface area contributed by atoms with Crippen molar-refractivity contribution in [2.75, 3.05) is 6.54 Å². The summed E-state index contributed by atoms with van der Waals surface area (Å²) in [6.07, 6.45) is 1.96. The van der Waals surface area contributed by atoms with Gasteiger partial charge in [0.25, 0.3) is 0 Å². The zero-order valence-corrected chi connectivity index (χ0v) is 19.7. The van der Waals surface area contributed by atoms with Gasteiger partial charge < -0.3 is 36.9 Å². The van der Waals surface area contributed by atoms with E-state index >= 15 is 0 Å². The molecule has 2 aromatic carbocycles. The largest absolute Gasteiger partial charge is 0.508 e. The second-order valence-electron chi connectivity index (χ2n) is 8.45. The highest BCUT2D eigenvalue weighted by Crippen LogP contribution is 2.19. The summed E-state index contributed by atoms with van der Waals surface area (Å²) < 4.78 is 0. The summed E-state index contributed by atoms with van der Waals surface area (Å²) in [4.78, 5) is 51.7. The summed E-state index contributed by atoms with van der Waals surface area (Å²) in [7, 11) is 0. The van der Waals surface area contributed by atoms with Crippen LogP contribution >= 0.6 is 0 Å². The van der Waals surface area contributed by atoms with Gasteiger partial charge >= 0.3 is 5.97 Å². The second kappa shape index (κ2) is 11.8. The van der Waals surface area contributed by atoms with Crippen LogP contribution in [0.4, 0.5) is 0 Å². The van der Waals surface area contributed by atoms with Crippen LogP contribution in [0.15, 0.2) is 54.7 Å². The molecule has 0 aliphatic heterocycles. The molecule has 3 atom stereocenters. The topological polar surface area (TPSA) is 187 Å². The number of fused-ring (bicyclic) bond motifs is 1. The average molecular weight is 496 g/mol. The predicted molar refractivity (Wildman–Crippen MR) is 132 cm³/mol. The maximum Gasteiger partial charge on any atom is 0.326 e. The number of carboxylic acids is 1. The molecule has 190 valence electrons. The van der Waals surface area contributed by atoms with E-state index in [1.807, 2.05) is 24.3 Å². The smallest absolute Gasteiger partial charge is 0.326 e. The summed E-state index contributed by atoms with van der Waals surface area (Å²) in [5.41, 5.74) is 8.24. The predicted octanol–water partition coefficient (Wildman–Crippen LogP) is 0.176. The summed E-state index contributed by atoms with van der Waals surface area (Å²) in [5, 5.41) is 27.0. The molecular formula is C25H29N5O6. The van der Waals surface area contributed by atoms with Gasteiger partial charge in [0.1, 0.15) is 17.8 Å². The van der Waals surface area contributed by atoms with E-state index in [2.05, 4.69) is 20.9 Å². The Morgan fingerprint density at radius 2 is 1.67 bits per heavy atom. The summed E-state index contributed by atoms with van der Waals surface area (Å²) in [5.74, 6) is -2.97. The number of aromatic amines is 1. The first-order valence-corrected chi connectivity index (χ1v) is 11.3. The Morgan fingerprint density at radius 3 is 2.36 bits per heavy atom. The van der Waals surface area contributed by atoms with Gasteiger partial charge in [0.15, 0.2) is 0 Å². The zero-order valence-electron chi connectivity index (χ0n) is 19.7. The molecule has 8 N–H and O–H groups in total. The van der Waals surface area contributed by atoms with Crippen molar-refractivity contribution in [3.63, 3.8) is 0 Å². The zero-order chi connectivity index (χ0) is 26.2. The molecule has 0 spiro atoms. The number of aromatic nitrogens is 1. The van der Waals surface area contributed by atoms with E-state index in [-0.39, 0.29) is 18.6 Å². The van der Waals surface area contributed by atoms with E-state index in [9.17, 15) is 29.4 Å². The lowest BCUT2D eigenvalue weighted by molar-refractivity contribution is -0.141. The number of hydrogen-bond acceptors (Lipinski definition) is 6. The molecule has 0 bridgehead atoms. The monoisotopic (exact) mass is 495 g/mol. The summed E-state index contributed by atoms with van der Waals surface area (Å²) in [6, 6.07) is 10.6. The number of phenolic OH excluding ortho intramolecular Hbond substituents is 1. The number of para-hydroxylation sites is 1. The number of hydrogen-bond donors (Lipinski definition) is 7. The minimum atomic E-state index is -1.21. The molecule has 3 amide bonds. The Morgan fingerprint density at radius 1 is 0.972 bits per heavy atom. The molecule has 0 saturated heterocycles. The van der Waals surface area contributed by atoms with Crippen molar-refractivity contribution in [1.29, 1.82) is 0 Å². The van der Waals surface area contributed by atoms with Crippen LogP contribution in [0.3, 0.4) is 0 Å². The Bertz CT molecular complexity index is 1240. The Labute approximate surface area is 207 Å². The minimum absolute atomic E-state index is 0.0599. The highest BCUT2D eigenvalue weighted by atomic mass is 16.4. The van der Waals surface area contributed by atoms with Gasteiger partial charge in [-0.05, 0) is 42.7 Å². The SMILES string of the molecule is CC(NC(=O)C(N)Cc1ccc(O)cc1)C(=O)NCC(=O)NC(Cc1c[nH]c2ccccc12)C(=O)O. The molecule has 11 heteroatoms. The number of carbonyl (C=O) groups excluding carboxylic acids is 3. The number of aliphatic carboxylic acids is 1. The van der Waals surface area contributed by atoms with Crippen LogP contribution in [0.25, 0.3) is 10.9 Å². The van der Waals surface area contributed by atoms with Gasteiger partial charge in [0, 0.05) is 23.5 Å². The maximum atomic E-state index is 12.3. The average Bonchev–Trinajstić information content (AvgIpc) is 3.26. The molecule has 36 heavy (non-hydrogen) atoms. The van der Waals surface area contributed by atoms with Crippen LogP contribution < -0.4 is 21.7 Å². The van der Waals surface area contributed by atoms with Crippen LogP contribution in [0.5, 0.6) is 5.75 Å². The van der Waals surface area contributed by atoms with Crippen LogP contribution in [0.1, 0.15) is 18.1 Å². The van der Waals surface area contributed by atoms with E-state index in [0.717, 1.165) is 22.0 Å². The number of aromatic hydroxyl groups is 1. The summed E-state index contributed by atoms with van der Waals surface area (Å²) >= 11 is 0. The molecule has 0 aliphatic rings. The van der Waals surface area contributed by atoms with Gasteiger partial charge in [-0.15, -0.1) is 0 Å². The fourth-order valence-electron chi connectivity index (χ4n) is 3.65. The molecule has 1 aromatic heterocycles. The first kappa shape index (κ1) is 26.2. The second-order valence-corrected chi connectivity index (χ2v) is 8.45. The highest BCUT2D eigenvalue weighted by Gasteiger charge is 2.24. The van der Waals surface area contributed by atoms with Crippen molar-refractivity contribution >= 4 is 34.6 Å². The molecule has 3 rings (SSSR count). The van der Waals surface area contributed by atoms with E-state index in [1.54, 1.807) is 18.3 Å². The Hall–Kier alpha value is -4.38. The lowest BCUT2D eigenvalue weighted by Crippen LogP contribution is -2.52. The Kier molecular flexibility index (Phi) is 8.63. The Balaban J connectivity index is 1.46. The number of carboxylic acid groups (broad SMARTS) is 1. The number of phenols is 1. The maximum absolute atomic E-state index is 12.3. The number of nitrogens with two attached hydrogens (primary N) is 1. The quantitative estimate of drug-likeness (QED) is 0.198. The van der Waals surface area contributed by atoms with E-state index in [1.165, 1.54) is 19.1 Å². The van der Waals surface area contributed by atoms with Crippen LogP contribution in [0, 0.1) is 0 Å². The molecule has 3 aromatic rings. The molecule has 0 saturated carbocycles. The minimum Gasteiger partial charge on any atom is -0.508 e. The van der Waals surface area contributed by atoms with Crippen LogP contribution in [-0.4, -0.2) is 63.6 Å². The van der Waals surface area contributed by atoms with Gasteiger partial charge in [-0.25, -0.2) is 4.79 Å². The van der Waals surface area contributed by atoms with Gasteiger partial charge in [-0.2, -0.15) is 0 Å². The van der Waals surface area contributed by atoms with Crippen LogP contribution in [-0.2, 0) is 32.0 Å². The number of carbonyl (C=O) groups is 4. The van der Waals surface area contributed by atoms with Gasteiger partial charge in [0.2, 0.25) is 17.7 Å². The third kappa shape index (κ3) is 7.06. The van der Waals surface area contributed by atoms with Crippen LogP contribution in [0.2, 0.25) is 0 Å². The number of benzene rings is 2. The number of H-pyrrole nitrogens is 1. The van der Waals surface area contributed by atoms with Crippen molar-refractivity contribution in [1.82, 2.24) is 20.9 Å². The van der Waals surface area contributed by atoms with Crippen molar-refractivity contribution in [3.8, 4) is 5.75 Å².